The summed E-state index contributed by atoms with van der Waals surface area (Å²) in [5.41, 5.74) is 0.195. The Hall–Kier alpha value is -2.46. The van der Waals surface area contributed by atoms with Crippen molar-refractivity contribution in [2.75, 3.05) is 26.3 Å². The molecule has 1 aliphatic heterocycles. The SMILES string of the molecule is Cc1ccc(F)c(CNC(=O)CCn2nnnc2CN2CCOCC2)c1F. The fourth-order valence-corrected chi connectivity index (χ4v) is 2.83. The average molecular weight is 380 g/mol. The Bertz CT molecular complexity index is 792. The van der Waals surface area contributed by atoms with E-state index in [1.165, 1.54) is 12.1 Å². The second-order valence-electron chi connectivity index (χ2n) is 6.39. The van der Waals surface area contributed by atoms with Crippen molar-refractivity contribution in [1.82, 2.24) is 30.4 Å². The van der Waals surface area contributed by atoms with Crippen LogP contribution >= 0.6 is 0 Å². The molecular weight excluding hydrogens is 358 g/mol. The molecule has 27 heavy (non-hydrogen) atoms. The summed E-state index contributed by atoms with van der Waals surface area (Å²) < 4.78 is 34.6. The molecule has 0 spiro atoms. The summed E-state index contributed by atoms with van der Waals surface area (Å²) in [5, 5.41) is 14.1. The zero-order chi connectivity index (χ0) is 19.2. The van der Waals surface area contributed by atoms with Crippen LogP contribution in [0.4, 0.5) is 8.78 Å². The van der Waals surface area contributed by atoms with E-state index < -0.39 is 11.6 Å². The molecule has 1 fully saturated rings. The largest absolute Gasteiger partial charge is 0.379 e. The molecule has 0 aliphatic carbocycles. The lowest BCUT2D eigenvalue weighted by molar-refractivity contribution is -0.121. The van der Waals surface area contributed by atoms with Crippen LogP contribution in [0.2, 0.25) is 0 Å². The molecule has 0 saturated carbocycles. The summed E-state index contributed by atoms with van der Waals surface area (Å²) in [4.78, 5) is 14.2. The number of ether oxygens (including phenoxy) is 1. The van der Waals surface area contributed by atoms with Crippen LogP contribution in [-0.4, -0.2) is 57.3 Å². The molecule has 0 radical (unpaired) electrons. The average Bonchev–Trinajstić information content (AvgIpc) is 3.11. The molecule has 8 nitrogen and oxygen atoms in total. The first-order valence-corrected chi connectivity index (χ1v) is 8.80. The number of carbonyl (C=O) groups is 1. The number of morpholine rings is 1. The molecule has 10 heteroatoms. The Kier molecular flexibility index (Phi) is 6.40. The van der Waals surface area contributed by atoms with Crippen LogP contribution in [-0.2, 0) is 29.2 Å². The Labute approximate surface area is 155 Å². The number of hydrogen-bond acceptors (Lipinski definition) is 6. The lowest BCUT2D eigenvalue weighted by atomic mass is 10.1. The minimum atomic E-state index is -0.674. The van der Waals surface area contributed by atoms with Crippen molar-refractivity contribution in [3.8, 4) is 0 Å². The predicted molar refractivity (Wildman–Crippen MR) is 91.5 cm³/mol. The van der Waals surface area contributed by atoms with Crippen molar-refractivity contribution < 1.29 is 18.3 Å². The van der Waals surface area contributed by atoms with Gasteiger partial charge in [0.1, 0.15) is 11.6 Å². The first kappa shape index (κ1) is 19.3. The van der Waals surface area contributed by atoms with Gasteiger partial charge in [0.15, 0.2) is 5.82 Å². The molecule has 1 saturated heterocycles. The Morgan fingerprint density at radius 2 is 2.07 bits per heavy atom. The van der Waals surface area contributed by atoms with Gasteiger partial charge in [0.05, 0.1) is 26.3 Å². The molecule has 0 atom stereocenters. The van der Waals surface area contributed by atoms with Gasteiger partial charge in [-0.05, 0) is 29.0 Å². The molecule has 3 rings (SSSR count). The third-order valence-corrected chi connectivity index (χ3v) is 4.47. The number of rotatable bonds is 7. The van der Waals surface area contributed by atoms with Crippen LogP contribution in [0.5, 0.6) is 0 Å². The number of nitrogens with one attached hydrogen (secondary N) is 1. The number of aromatic nitrogens is 4. The van der Waals surface area contributed by atoms with Gasteiger partial charge in [0.25, 0.3) is 0 Å². The number of benzene rings is 1. The highest BCUT2D eigenvalue weighted by Gasteiger charge is 2.16. The maximum Gasteiger partial charge on any atom is 0.222 e. The van der Waals surface area contributed by atoms with Gasteiger partial charge in [0, 0.05) is 31.6 Å². The minimum absolute atomic E-state index is 0.107. The van der Waals surface area contributed by atoms with E-state index in [1.54, 1.807) is 11.6 Å². The Balaban J connectivity index is 1.50. The number of carbonyl (C=O) groups excluding carboxylic acids is 1. The molecule has 2 aromatic rings. The third-order valence-electron chi connectivity index (χ3n) is 4.47. The van der Waals surface area contributed by atoms with Crippen LogP contribution in [0.3, 0.4) is 0 Å². The van der Waals surface area contributed by atoms with Gasteiger partial charge in [-0.15, -0.1) is 5.10 Å². The molecule has 1 aliphatic rings. The van der Waals surface area contributed by atoms with Gasteiger partial charge in [-0.1, -0.05) is 6.07 Å². The highest BCUT2D eigenvalue weighted by Crippen LogP contribution is 2.16. The molecular formula is C17H22F2N6O2. The van der Waals surface area contributed by atoms with Crippen LogP contribution in [0.1, 0.15) is 23.4 Å². The van der Waals surface area contributed by atoms with Gasteiger partial charge in [-0.2, -0.15) is 0 Å². The first-order chi connectivity index (χ1) is 13.0. The fourth-order valence-electron chi connectivity index (χ4n) is 2.83. The lowest BCUT2D eigenvalue weighted by Crippen LogP contribution is -2.36. The normalized spacial score (nSPS) is 15.1. The summed E-state index contributed by atoms with van der Waals surface area (Å²) in [5.74, 6) is -0.973. The molecule has 2 heterocycles. The number of nitrogens with zero attached hydrogens (tertiary/aromatic N) is 5. The van der Waals surface area contributed by atoms with Crippen molar-refractivity contribution in [2.24, 2.45) is 0 Å². The highest BCUT2D eigenvalue weighted by molar-refractivity contribution is 5.75. The van der Waals surface area contributed by atoms with E-state index >= 15 is 0 Å². The monoisotopic (exact) mass is 380 g/mol. The van der Waals surface area contributed by atoms with Gasteiger partial charge in [-0.3, -0.25) is 9.69 Å². The third kappa shape index (κ3) is 5.04. The van der Waals surface area contributed by atoms with Crippen molar-refractivity contribution >= 4 is 5.91 Å². The van der Waals surface area contributed by atoms with E-state index in [9.17, 15) is 13.6 Å². The molecule has 0 unspecified atom stereocenters. The van der Waals surface area contributed by atoms with Crippen molar-refractivity contribution in [3.63, 3.8) is 0 Å². The van der Waals surface area contributed by atoms with E-state index in [0.717, 1.165) is 13.1 Å². The number of tetrazole rings is 1. The number of hydrogen-bond donors (Lipinski definition) is 1. The maximum atomic E-state index is 14.0. The molecule has 1 amide bonds. The first-order valence-electron chi connectivity index (χ1n) is 8.80. The van der Waals surface area contributed by atoms with E-state index in [4.69, 9.17) is 4.74 Å². The maximum absolute atomic E-state index is 14.0. The molecule has 146 valence electrons. The van der Waals surface area contributed by atoms with Crippen LogP contribution in [0, 0.1) is 18.6 Å². The van der Waals surface area contributed by atoms with Gasteiger partial charge in [0.2, 0.25) is 5.91 Å². The number of aryl methyl sites for hydroxylation is 2. The second-order valence-corrected chi connectivity index (χ2v) is 6.39. The van der Waals surface area contributed by atoms with Crippen LogP contribution < -0.4 is 5.32 Å². The Morgan fingerprint density at radius 3 is 2.85 bits per heavy atom. The highest BCUT2D eigenvalue weighted by atomic mass is 19.1. The van der Waals surface area contributed by atoms with Crippen molar-refractivity contribution in [1.29, 1.82) is 0 Å². The fraction of sp³-hybridized carbons (Fsp3) is 0.529. The van der Waals surface area contributed by atoms with Crippen LogP contribution in [0.25, 0.3) is 0 Å². The van der Waals surface area contributed by atoms with Crippen molar-refractivity contribution in [3.05, 3.63) is 40.7 Å². The van der Waals surface area contributed by atoms with Gasteiger partial charge < -0.3 is 10.1 Å². The quantitative estimate of drug-likeness (QED) is 0.765. The summed E-state index contributed by atoms with van der Waals surface area (Å²) >= 11 is 0. The smallest absolute Gasteiger partial charge is 0.222 e. The topological polar surface area (TPSA) is 85.2 Å². The summed E-state index contributed by atoms with van der Waals surface area (Å²) in [6, 6.07) is 2.56. The number of amides is 1. The van der Waals surface area contributed by atoms with Gasteiger partial charge in [-0.25, -0.2) is 13.5 Å². The Morgan fingerprint density at radius 1 is 1.30 bits per heavy atom. The molecule has 1 aromatic heterocycles. The van der Waals surface area contributed by atoms with E-state index in [-0.39, 0.29) is 31.0 Å². The summed E-state index contributed by atoms with van der Waals surface area (Å²) in [6.07, 6.45) is 0.107. The zero-order valence-corrected chi connectivity index (χ0v) is 15.1. The van der Waals surface area contributed by atoms with Gasteiger partial charge >= 0.3 is 0 Å². The standard InChI is InChI=1S/C17H22F2N6O2/c1-12-2-3-14(18)13(17(12)19)10-20-16(26)4-5-25-15(21-22-23-25)11-24-6-8-27-9-7-24/h2-3H,4-11H2,1H3,(H,20,26). The molecule has 1 aromatic carbocycles. The predicted octanol–water partition coefficient (Wildman–Crippen LogP) is 0.798. The van der Waals surface area contributed by atoms with E-state index in [0.29, 0.717) is 31.1 Å². The lowest BCUT2D eigenvalue weighted by Gasteiger charge is -2.25. The summed E-state index contributed by atoms with van der Waals surface area (Å²) in [7, 11) is 0. The molecule has 0 bridgehead atoms. The number of halogens is 2. The van der Waals surface area contributed by atoms with Crippen molar-refractivity contribution in [2.45, 2.75) is 33.0 Å². The van der Waals surface area contributed by atoms with Crippen LogP contribution in [0.15, 0.2) is 12.1 Å². The molecule has 1 N–H and O–H groups in total. The summed E-state index contributed by atoms with van der Waals surface area (Å²) in [6.45, 7) is 5.19. The van der Waals surface area contributed by atoms with E-state index in [2.05, 4.69) is 25.7 Å². The zero-order valence-electron chi connectivity index (χ0n) is 15.1. The van der Waals surface area contributed by atoms with E-state index in [1.807, 2.05) is 0 Å². The minimum Gasteiger partial charge on any atom is -0.379 e. The second kappa shape index (κ2) is 8.96.